The average Bonchev–Trinajstić information content (AvgIpc) is 3.43. The number of halogens is 1. The summed E-state index contributed by atoms with van der Waals surface area (Å²) in [5.41, 5.74) is 2.42. The minimum absolute atomic E-state index is 0.0126. The first-order chi connectivity index (χ1) is 14.9. The van der Waals surface area contributed by atoms with Crippen molar-refractivity contribution in [2.45, 2.75) is 32.5 Å². The molecule has 0 saturated carbocycles. The van der Waals surface area contributed by atoms with Crippen LogP contribution in [0.3, 0.4) is 0 Å². The minimum Gasteiger partial charge on any atom is -0.337 e. The van der Waals surface area contributed by atoms with E-state index in [1.807, 2.05) is 31.2 Å². The van der Waals surface area contributed by atoms with Gasteiger partial charge in [-0.2, -0.15) is 10.1 Å². The Balaban J connectivity index is 1.38. The molecule has 2 aliphatic heterocycles. The molecule has 31 heavy (non-hydrogen) atoms. The first kappa shape index (κ1) is 19.0. The number of hydrogen-bond donors (Lipinski definition) is 0. The number of rotatable bonds is 4. The number of amides is 2. The van der Waals surface area contributed by atoms with Gasteiger partial charge >= 0.3 is 0 Å². The van der Waals surface area contributed by atoms with Crippen LogP contribution in [0.5, 0.6) is 0 Å². The van der Waals surface area contributed by atoms with Gasteiger partial charge in [-0.3, -0.25) is 14.6 Å². The molecule has 0 unspecified atom stereocenters. The van der Waals surface area contributed by atoms with Crippen LogP contribution in [0.25, 0.3) is 11.4 Å². The Morgan fingerprint density at radius 1 is 1.06 bits per heavy atom. The Hall–Kier alpha value is -3.95. The Morgan fingerprint density at radius 2 is 1.87 bits per heavy atom. The molecule has 0 N–H and O–H groups in total. The molecule has 2 amide bonds. The van der Waals surface area contributed by atoms with E-state index < -0.39 is 29.7 Å². The summed E-state index contributed by atoms with van der Waals surface area (Å²) in [6, 6.07) is 9.90. The van der Waals surface area contributed by atoms with Crippen molar-refractivity contribution in [2.75, 3.05) is 4.90 Å². The van der Waals surface area contributed by atoms with Crippen LogP contribution in [0.1, 0.15) is 17.0 Å². The van der Waals surface area contributed by atoms with Crippen LogP contribution in [0.2, 0.25) is 0 Å². The van der Waals surface area contributed by atoms with Crippen LogP contribution in [0.4, 0.5) is 10.1 Å². The summed E-state index contributed by atoms with van der Waals surface area (Å²) in [6.07, 6.45) is 0. The van der Waals surface area contributed by atoms with E-state index in [2.05, 4.69) is 20.5 Å². The van der Waals surface area contributed by atoms with E-state index in [-0.39, 0.29) is 18.1 Å². The van der Waals surface area contributed by atoms with Crippen LogP contribution in [-0.2, 0) is 16.1 Å². The molecule has 0 spiro atoms. The first-order valence-electron chi connectivity index (χ1n) is 9.64. The normalized spacial score (nSPS) is 20.1. The first-order valence-corrected chi connectivity index (χ1v) is 9.64. The molecule has 2 atom stereocenters. The Bertz CT molecular complexity index is 1240. The summed E-state index contributed by atoms with van der Waals surface area (Å²) < 4.78 is 19.3. The third kappa shape index (κ3) is 3.07. The standard InChI is InChI=1S/C21H17FN6O3/c1-11-5-3-4-6-14(11)19-23-16(31-25-19)10-27-18-17(24-26-27)20(29)28(21(18)30)13-8-7-12(2)15(22)9-13/h3-9,17-18H,10H2,1-2H3/t17-,18-/m1/s1. The molecule has 2 aliphatic rings. The predicted octanol–water partition coefficient (Wildman–Crippen LogP) is 2.99. The maximum absolute atomic E-state index is 14.0. The number of carbonyl (C=O) groups excluding carboxylic acids is 2. The number of aromatic nitrogens is 2. The molecule has 3 aromatic rings. The molecule has 1 saturated heterocycles. The zero-order chi connectivity index (χ0) is 21.7. The van der Waals surface area contributed by atoms with E-state index in [9.17, 15) is 14.0 Å². The van der Waals surface area contributed by atoms with E-state index in [1.165, 1.54) is 23.2 Å². The number of carbonyl (C=O) groups is 2. The van der Waals surface area contributed by atoms with Crippen molar-refractivity contribution in [3.8, 4) is 11.4 Å². The van der Waals surface area contributed by atoms with Crippen molar-refractivity contribution in [3.05, 3.63) is 65.3 Å². The summed E-state index contributed by atoms with van der Waals surface area (Å²) in [5, 5.41) is 13.3. The van der Waals surface area contributed by atoms with Gasteiger partial charge in [0.15, 0.2) is 12.1 Å². The third-order valence-corrected chi connectivity index (χ3v) is 5.42. The van der Waals surface area contributed by atoms with Crippen molar-refractivity contribution >= 4 is 17.5 Å². The summed E-state index contributed by atoms with van der Waals surface area (Å²) in [4.78, 5) is 31.1. The number of benzene rings is 2. The van der Waals surface area contributed by atoms with Crippen LogP contribution in [-0.4, -0.2) is 39.0 Å². The molecule has 156 valence electrons. The maximum atomic E-state index is 14.0. The minimum atomic E-state index is -0.990. The SMILES string of the molecule is Cc1ccc(N2C(=O)[C@@H]3N=NN(Cc4nc(-c5ccccc5C)no4)[C@H]3C2=O)cc1F. The van der Waals surface area contributed by atoms with E-state index >= 15 is 0 Å². The molecule has 5 rings (SSSR count). The summed E-state index contributed by atoms with van der Waals surface area (Å²) in [6.45, 7) is 3.56. The summed E-state index contributed by atoms with van der Waals surface area (Å²) >= 11 is 0. The van der Waals surface area contributed by atoms with Gasteiger partial charge in [0.25, 0.3) is 11.8 Å². The molecule has 2 aromatic carbocycles. The molecule has 10 heteroatoms. The van der Waals surface area contributed by atoms with Crippen molar-refractivity contribution in [3.63, 3.8) is 0 Å². The lowest BCUT2D eigenvalue weighted by atomic mass is 10.1. The van der Waals surface area contributed by atoms with Crippen LogP contribution in [0.15, 0.2) is 57.3 Å². The van der Waals surface area contributed by atoms with E-state index in [0.717, 1.165) is 16.0 Å². The van der Waals surface area contributed by atoms with Crippen molar-refractivity contribution < 1.29 is 18.5 Å². The number of hydrogen-bond acceptors (Lipinski definition) is 8. The highest BCUT2D eigenvalue weighted by molar-refractivity contribution is 6.25. The quantitative estimate of drug-likeness (QED) is 0.601. The Morgan fingerprint density at radius 3 is 2.65 bits per heavy atom. The average molecular weight is 420 g/mol. The molecule has 0 bridgehead atoms. The highest BCUT2D eigenvalue weighted by Gasteiger charge is 2.55. The Labute approximate surface area is 176 Å². The molecular formula is C21H17FN6O3. The fourth-order valence-corrected chi connectivity index (χ4v) is 3.72. The molecule has 0 radical (unpaired) electrons. The number of aryl methyl sites for hydroxylation is 2. The zero-order valence-electron chi connectivity index (χ0n) is 16.7. The maximum Gasteiger partial charge on any atom is 0.263 e. The smallest absolute Gasteiger partial charge is 0.263 e. The zero-order valence-corrected chi connectivity index (χ0v) is 16.7. The van der Waals surface area contributed by atoms with Gasteiger partial charge in [-0.05, 0) is 37.1 Å². The highest BCUT2D eigenvalue weighted by Crippen LogP contribution is 2.33. The number of anilines is 1. The second-order valence-electron chi connectivity index (χ2n) is 7.46. The molecular weight excluding hydrogens is 403 g/mol. The van der Waals surface area contributed by atoms with Gasteiger partial charge in [0.05, 0.1) is 5.69 Å². The topological polar surface area (TPSA) is 104 Å². The van der Waals surface area contributed by atoms with Gasteiger partial charge in [-0.1, -0.05) is 40.7 Å². The van der Waals surface area contributed by atoms with Gasteiger partial charge in [-0.15, -0.1) is 0 Å². The third-order valence-electron chi connectivity index (χ3n) is 5.42. The van der Waals surface area contributed by atoms with E-state index in [4.69, 9.17) is 4.52 Å². The largest absolute Gasteiger partial charge is 0.337 e. The van der Waals surface area contributed by atoms with Gasteiger partial charge in [-0.25, -0.2) is 9.29 Å². The fourth-order valence-electron chi connectivity index (χ4n) is 3.72. The van der Waals surface area contributed by atoms with Gasteiger partial charge in [0.1, 0.15) is 12.4 Å². The van der Waals surface area contributed by atoms with Gasteiger partial charge in [0, 0.05) is 5.56 Å². The number of fused-ring (bicyclic) bond motifs is 1. The predicted molar refractivity (Wildman–Crippen MR) is 106 cm³/mol. The van der Waals surface area contributed by atoms with Crippen LogP contribution in [0, 0.1) is 19.7 Å². The molecule has 1 fully saturated rings. The van der Waals surface area contributed by atoms with Crippen molar-refractivity contribution in [2.24, 2.45) is 10.3 Å². The fraction of sp³-hybridized carbons (Fsp3) is 0.238. The van der Waals surface area contributed by atoms with Crippen LogP contribution < -0.4 is 4.90 Å². The highest BCUT2D eigenvalue weighted by atomic mass is 19.1. The van der Waals surface area contributed by atoms with Crippen LogP contribution >= 0.6 is 0 Å². The van der Waals surface area contributed by atoms with E-state index in [0.29, 0.717) is 11.4 Å². The molecule has 3 heterocycles. The molecule has 9 nitrogen and oxygen atoms in total. The van der Waals surface area contributed by atoms with Crippen molar-refractivity contribution in [1.82, 2.24) is 15.1 Å². The molecule has 0 aliphatic carbocycles. The number of imide groups is 1. The van der Waals surface area contributed by atoms with Gasteiger partial charge in [0.2, 0.25) is 11.7 Å². The lowest BCUT2D eigenvalue weighted by Crippen LogP contribution is -2.39. The van der Waals surface area contributed by atoms with Gasteiger partial charge < -0.3 is 4.52 Å². The lowest BCUT2D eigenvalue weighted by molar-refractivity contribution is -0.123. The summed E-state index contributed by atoms with van der Waals surface area (Å²) in [5.74, 6) is -0.912. The molecule has 1 aromatic heterocycles. The van der Waals surface area contributed by atoms with Crippen molar-refractivity contribution in [1.29, 1.82) is 0 Å². The van der Waals surface area contributed by atoms with E-state index in [1.54, 1.807) is 6.92 Å². The number of nitrogens with zero attached hydrogens (tertiary/aromatic N) is 6. The lowest BCUT2D eigenvalue weighted by Gasteiger charge is -2.19. The second-order valence-corrected chi connectivity index (χ2v) is 7.46. The summed E-state index contributed by atoms with van der Waals surface area (Å²) in [7, 11) is 0. The Kier molecular flexibility index (Phi) is 4.35. The second kappa shape index (κ2) is 7.08. The monoisotopic (exact) mass is 420 g/mol.